The molecule has 6 nitrogen and oxygen atoms in total. The number of hydrogen-bond donors (Lipinski definition) is 3. The van der Waals surface area contributed by atoms with Gasteiger partial charge in [-0.05, 0) is 31.0 Å². The number of nitrogens with zero attached hydrogens (tertiary/aromatic N) is 1. The number of hydrogen-bond acceptors (Lipinski definition) is 4. The number of rotatable bonds is 6. The van der Waals surface area contributed by atoms with Crippen LogP contribution >= 0.6 is 0 Å². The number of nitrogens with one attached hydrogen (secondary N) is 2. The first kappa shape index (κ1) is 15.7. The molecule has 1 atom stereocenters. The monoisotopic (exact) mass is 308 g/mol. The van der Waals surface area contributed by atoms with E-state index in [0.29, 0.717) is 0 Å². The van der Waals surface area contributed by atoms with Crippen molar-refractivity contribution in [1.29, 1.82) is 0 Å². The fourth-order valence-corrected chi connectivity index (χ4v) is 3.02. The first-order chi connectivity index (χ1) is 9.94. The third-order valence-corrected chi connectivity index (χ3v) is 4.82. The molecule has 0 aliphatic carbocycles. The Balaban J connectivity index is 2.18. The molecule has 1 unspecified atom stereocenters. The van der Waals surface area contributed by atoms with E-state index in [1.54, 1.807) is 24.4 Å². The van der Waals surface area contributed by atoms with Crippen LogP contribution in [-0.2, 0) is 16.6 Å². The zero-order chi connectivity index (χ0) is 15.5. The maximum Gasteiger partial charge on any atom is 0.240 e. The molecular formula is C14H20N4O2S. The Labute approximate surface area is 124 Å². The Hall–Kier alpha value is -1.70. The average Bonchev–Trinajstić information content (AvgIpc) is 2.90. The van der Waals surface area contributed by atoms with Crippen LogP contribution in [0.2, 0.25) is 0 Å². The van der Waals surface area contributed by atoms with Gasteiger partial charge >= 0.3 is 0 Å². The highest BCUT2D eigenvalue weighted by molar-refractivity contribution is 7.89. The van der Waals surface area contributed by atoms with Crippen molar-refractivity contribution in [3.05, 3.63) is 47.3 Å². The highest BCUT2D eigenvalue weighted by Crippen LogP contribution is 2.18. The van der Waals surface area contributed by atoms with Crippen molar-refractivity contribution in [3.63, 3.8) is 0 Å². The molecule has 0 aliphatic rings. The summed E-state index contributed by atoms with van der Waals surface area (Å²) >= 11 is 0. The highest BCUT2D eigenvalue weighted by Gasteiger charge is 2.16. The zero-order valence-corrected chi connectivity index (χ0v) is 12.9. The van der Waals surface area contributed by atoms with Crippen molar-refractivity contribution in [2.45, 2.75) is 37.8 Å². The van der Waals surface area contributed by atoms with Gasteiger partial charge < -0.3 is 5.73 Å². The summed E-state index contributed by atoms with van der Waals surface area (Å²) in [5.41, 5.74) is 8.44. The topological polar surface area (TPSA) is 101 Å². The van der Waals surface area contributed by atoms with E-state index in [1.807, 2.05) is 19.9 Å². The normalized spacial score (nSPS) is 13.3. The predicted molar refractivity (Wildman–Crippen MR) is 81.0 cm³/mol. The number of aryl methyl sites for hydroxylation is 1. The van der Waals surface area contributed by atoms with Crippen molar-refractivity contribution < 1.29 is 8.42 Å². The molecule has 21 heavy (non-hydrogen) atoms. The molecule has 0 amide bonds. The smallest absolute Gasteiger partial charge is 0.240 e. The van der Waals surface area contributed by atoms with Gasteiger partial charge in [0.15, 0.2) is 0 Å². The number of H-pyrrole nitrogens is 1. The van der Waals surface area contributed by atoms with Gasteiger partial charge in [-0.2, -0.15) is 5.10 Å². The van der Waals surface area contributed by atoms with Crippen molar-refractivity contribution in [1.82, 2.24) is 14.9 Å². The van der Waals surface area contributed by atoms with Gasteiger partial charge in [-0.3, -0.25) is 5.10 Å². The first-order valence-electron chi connectivity index (χ1n) is 6.78. The molecule has 0 bridgehead atoms. The average molecular weight is 308 g/mol. The summed E-state index contributed by atoms with van der Waals surface area (Å²) in [4.78, 5) is 0.227. The molecule has 1 heterocycles. The van der Waals surface area contributed by atoms with Crippen LogP contribution in [0.15, 0.2) is 35.4 Å². The molecule has 4 N–H and O–H groups in total. The van der Waals surface area contributed by atoms with E-state index >= 15 is 0 Å². The van der Waals surface area contributed by atoms with Crippen LogP contribution in [0, 0.1) is 6.92 Å². The van der Waals surface area contributed by atoms with E-state index in [1.165, 1.54) is 0 Å². The van der Waals surface area contributed by atoms with Gasteiger partial charge in [0.25, 0.3) is 0 Å². The molecule has 0 saturated heterocycles. The van der Waals surface area contributed by atoms with Crippen molar-refractivity contribution in [2.75, 3.05) is 0 Å². The largest absolute Gasteiger partial charge is 0.324 e. The second kappa shape index (κ2) is 6.38. The minimum Gasteiger partial charge on any atom is -0.324 e. The molecule has 0 radical (unpaired) electrons. The zero-order valence-electron chi connectivity index (χ0n) is 12.1. The summed E-state index contributed by atoms with van der Waals surface area (Å²) in [6.45, 7) is 4.01. The molecule has 0 spiro atoms. The number of sulfonamides is 1. The van der Waals surface area contributed by atoms with Gasteiger partial charge in [-0.1, -0.05) is 19.1 Å². The van der Waals surface area contributed by atoms with Crippen LogP contribution in [-0.4, -0.2) is 18.6 Å². The van der Waals surface area contributed by atoms with E-state index in [2.05, 4.69) is 14.9 Å². The number of aromatic nitrogens is 2. The molecule has 114 valence electrons. The van der Waals surface area contributed by atoms with Crippen molar-refractivity contribution in [3.8, 4) is 0 Å². The summed E-state index contributed by atoms with van der Waals surface area (Å²) < 4.78 is 27.2. The van der Waals surface area contributed by atoms with Gasteiger partial charge in [0.1, 0.15) is 0 Å². The molecule has 0 saturated carbocycles. The van der Waals surface area contributed by atoms with E-state index in [9.17, 15) is 8.42 Å². The lowest BCUT2D eigenvalue weighted by atomic mass is 10.1. The number of aromatic amines is 1. The minimum absolute atomic E-state index is 0.156. The molecule has 2 aromatic rings. The van der Waals surface area contributed by atoms with E-state index < -0.39 is 10.0 Å². The first-order valence-corrected chi connectivity index (χ1v) is 8.26. The van der Waals surface area contributed by atoms with Gasteiger partial charge in [0.2, 0.25) is 10.0 Å². The number of benzene rings is 1. The maximum atomic E-state index is 12.3. The van der Waals surface area contributed by atoms with E-state index in [-0.39, 0.29) is 17.5 Å². The van der Waals surface area contributed by atoms with Gasteiger partial charge in [0.05, 0.1) is 11.1 Å². The third-order valence-electron chi connectivity index (χ3n) is 3.42. The summed E-state index contributed by atoms with van der Waals surface area (Å²) in [5, 5.41) is 6.64. The number of nitrogens with two attached hydrogens (primary N) is 1. The maximum absolute atomic E-state index is 12.3. The highest BCUT2D eigenvalue weighted by atomic mass is 32.2. The lowest BCUT2D eigenvalue weighted by molar-refractivity contribution is 0.580. The molecule has 1 aromatic heterocycles. The fourth-order valence-electron chi connectivity index (χ4n) is 1.96. The lowest BCUT2D eigenvalue weighted by Crippen LogP contribution is -2.23. The van der Waals surface area contributed by atoms with Gasteiger partial charge in [0, 0.05) is 23.8 Å². The molecule has 1 aromatic carbocycles. The Morgan fingerprint density at radius 2 is 2.19 bits per heavy atom. The quantitative estimate of drug-likeness (QED) is 0.754. The SMILES string of the molecule is CCC(N)c1cccc(S(=O)(=O)NCc2cn[nH]c2C)c1. The Kier molecular flexibility index (Phi) is 4.76. The minimum atomic E-state index is -3.56. The van der Waals surface area contributed by atoms with Crippen LogP contribution in [0.3, 0.4) is 0 Å². The summed E-state index contributed by atoms with van der Waals surface area (Å²) in [6.07, 6.45) is 2.37. The van der Waals surface area contributed by atoms with Crippen LogP contribution in [0.5, 0.6) is 0 Å². The van der Waals surface area contributed by atoms with Crippen LogP contribution in [0.1, 0.15) is 36.2 Å². The Morgan fingerprint density at radius 3 is 2.81 bits per heavy atom. The lowest BCUT2D eigenvalue weighted by Gasteiger charge is -2.12. The molecule has 7 heteroatoms. The fraction of sp³-hybridized carbons (Fsp3) is 0.357. The van der Waals surface area contributed by atoms with E-state index in [0.717, 1.165) is 23.2 Å². The second-order valence-electron chi connectivity index (χ2n) is 4.93. The summed E-state index contributed by atoms with van der Waals surface area (Å²) in [5.74, 6) is 0. The molecule has 0 fully saturated rings. The van der Waals surface area contributed by atoms with Crippen molar-refractivity contribution in [2.24, 2.45) is 5.73 Å². The van der Waals surface area contributed by atoms with Crippen LogP contribution < -0.4 is 10.5 Å². The van der Waals surface area contributed by atoms with E-state index in [4.69, 9.17) is 5.73 Å². The van der Waals surface area contributed by atoms with Gasteiger partial charge in [-0.15, -0.1) is 0 Å². The second-order valence-corrected chi connectivity index (χ2v) is 6.70. The summed E-state index contributed by atoms with van der Waals surface area (Å²) in [6, 6.07) is 6.58. The third kappa shape index (κ3) is 3.69. The standard InChI is InChI=1S/C14H20N4O2S/c1-3-14(15)11-5-4-6-13(7-11)21(19,20)17-9-12-8-16-18-10(12)2/h4-8,14,17H,3,9,15H2,1-2H3,(H,16,18). The van der Waals surface area contributed by atoms with Gasteiger partial charge in [-0.25, -0.2) is 13.1 Å². The van der Waals surface area contributed by atoms with Crippen LogP contribution in [0.25, 0.3) is 0 Å². The van der Waals surface area contributed by atoms with Crippen LogP contribution in [0.4, 0.5) is 0 Å². The predicted octanol–water partition coefficient (Wildman–Crippen LogP) is 1.61. The molecular weight excluding hydrogens is 288 g/mol. The van der Waals surface area contributed by atoms with Crippen molar-refractivity contribution >= 4 is 10.0 Å². The molecule has 2 rings (SSSR count). The summed E-state index contributed by atoms with van der Waals surface area (Å²) in [7, 11) is -3.56. The Morgan fingerprint density at radius 1 is 1.43 bits per heavy atom. The molecule has 0 aliphatic heterocycles. The Bertz CT molecular complexity index is 709.